The van der Waals surface area contributed by atoms with Crippen LogP contribution in [0.1, 0.15) is 58.4 Å². The van der Waals surface area contributed by atoms with Gasteiger partial charge in [0.25, 0.3) is 0 Å². The van der Waals surface area contributed by atoms with Crippen LogP contribution in [-0.4, -0.2) is 25.3 Å². The average Bonchev–Trinajstić information content (AvgIpc) is 2.47. The predicted molar refractivity (Wildman–Crippen MR) is 91.1 cm³/mol. The average molecular weight is 307 g/mol. The number of aryl methyl sites for hydroxylation is 1. The fourth-order valence-corrected chi connectivity index (χ4v) is 3.34. The van der Waals surface area contributed by atoms with E-state index in [2.05, 4.69) is 25.7 Å². The number of ether oxygens (including phenoxy) is 1. The molecule has 0 aliphatic carbocycles. The zero-order valence-corrected chi connectivity index (χ0v) is 14.3. The molecule has 1 aromatic rings. The van der Waals surface area contributed by atoms with Gasteiger partial charge in [0.1, 0.15) is 5.82 Å². The van der Waals surface area contributed by atoms with Crippen molar-refractivity contribution >= 4 is 5.69 Å². The lowest BCUT2D eigenvalue weighted by molar-refractivity contribution is -0.00527. The van der Waals surface area contributed by atoms with E-state index in [9.17, 15) is 4.39 Å². The molecule has 22 heavy (non-hydrogen) atoms. The number of rotatable bonds is 7. The first kappa shape index (κ1) is 17.3. The van der Waals surface area contributed by atoms with Gasteiger partial charge in [-0.2, -0.15) is 0 Å². The summed E-state index contributed by atoms with van der Waals surface area (Å²) in [5, 5.41) is 0. The van der Waals surface area contributed by atoms with Crippen molar-refractivity contribution < 1.29 is 9.13 Å². The van der Waals surface area contributed by atoms with Crippen LogP contribution in [0.3, 0.4) is 0 Å². The van der Waals surface area contributed by atoms with Gasteiger partial charge in [0.05, 0.1) is 12.2 Å². The largest absolute Gasteiger partial charge is 0.372 e. The van der Waals surface area contributed by atoms with Crippen LogP contribution in [0, 0.1) is 5.82 Å². The number of hydrogen-bond donors (Lipinski definition) is 0. The number of halogens is 1. The summed E-state index contributed by atoms with van der Waals surface area (Å²) in [6.07, 6.45) is 7.78. The molecule has 1 aliphatic heterocycles. The molecule has 0 spiro atoms. The summed E-state index contributed by atoms with van der Waals surface area (Å²) in [6.45, 7) is 8.10. The van der Waals surface area contributed by atoms with Crippen LogP contribution in [0.5, 0.6) is 0 Å². The number of unbranched alkanes of at least 4 members (excludes halogenated alkanes) is 4. The normalized spacial score (nSPS) is 22.1. The Morgan fingerprint density at radius 2 is 1.77 bits per heavy atom. The van der Waals surface area contributed by atoms with Gasteiger partial charge >= 0.3 is 0 Å². The maximum atomic E-state index is 13.7. The fourth-order valence-electron chi connectivity index (χ4n) is 3.34. The zero-order chi connectivity index (χ0) is 15.9. The van der Waals surface area contributed by atoms with Gasteiger partial charge < -0.3 is 9.64 Å². The second kappa shape index (κ2) is 8.52. The van der Waals surface area contributed by atoms with Crippen LogP contribution >= 0.6 is 0 Å². The number of nitrogens with zero attached hydrogens (tertiary/aromatic N) is 1. The first-order chi connectivity index (χ1) is 10.6. The van der Waals surface area contributed by atoms with Crippen molar-refractivity contribution in [2.24, 2.45) is 0 Å². The maximum Gasteiger partial charge on any atom is 0.125 e. The number of benzene rings is 1. The molecule has 2 rings (SSSR count). The summed E-state index contributed by atoms with van der Waals surface area (Å²) in [7, 11) is 0. The van der Waals surface area contributed by atoms with E-state index in [0.29, 0.717) is 0 Å². The molecule has 0 bridgehead atoms. The van der Waals surface area contributed by atoms with Gasteiger partial charge in [-0.05, 0) is 44.4 Å². The number of hydrogen-bond acceptors (Lipinski definition) is 2. The summed E-state index contributed by atoms with van der Waals surface area (Å²) >= 11 is 0. The molecule has 3 heteroatoms. The molecule has 0 radical (unpaired) electrons. The number of morpholine rings is 1. The minimum atomic E-state index is -0.142. The first-order valence-corrected chi connectivity index (χ1v) is 8.79. The molecule has 124 valence electrons. The second-order valence-electron chi connectivity index (χ2n) is 6.60. The Bertz CT molecular complexity index is 453. The first-order valence-electron chi connectivity index (χ1n) is 8.79. The lowest BCUT2D eigenvalue weighted by Crippen LogP contribution is -2.45. The third-order valence-corrected chi connectivity index (χ3v) is 4.36. The second-order valence-corrected chi connectivity index (χ2v) is 6.60. The van der Waals surface area contributed by atoms with E-state index in [4.69, 9.17) is 4.74 Å². The van der Waals surface area contributed by atoms with Crippen LogP contribution in [-0.2, 0) is 11.2 Å². The van der Waals surface area contributed by atoms with Crippen molar-refractivity contribution in [2.75, 3.05) is 18.0 Å². The van der Waals surface area contributed by atoms with Crippen molar-refractivity contribution in [2.45, 2.75) is 71.5 Å². The lowest BCUT2D eigenvalue weighted by Gasteiger charge is -2.38. The van der Waals surface area contributed by atoms with Crippen LogP contribution in [0.2, 0.25) is 0 Å². The van der Waals surface area contributed by atoms with Crippen molar-refractivity contribution in [3.8, 4) is 0 Å². The molecule has 1 saturated heterocycles. The van der Waals surface area contributed by atoms with E-state index < -0.39 is 0 Å². The predicted octanol–water partition coefficient (Wildman–Crippen LogP) is 4.95. The summed E-state index contributed by atoms with van der Waals surface area (Å²) in [4.78, 5) is 2.29. The molecule has 1 aromatic carbocycles. The van der Waals surface area contributed by atoms with Gasteiger partial charge in [0.15, 0.2) is 0 Å². The van der Waals surface area contributed by atoms with Gasteiger partial charge in [-0.15, -0.1) is 0 Å². The van der Waals surface area contributed by atoms with E-state index in [1.807, 2.05) is 6.07 Å². The van der Waals surface area contributed by atoms with E-state index in [-0.39, 0.29) is 18.0 Å². The Balaban J connectivity index is 2.03. The van der Waals surface area contributed by atoms with Crippen LogP contribution in [0.4, 0.5) is 10.1 Å². The van der Waals surface area contributed by atoms with Crippen molar-refractivity contribution in [1.29, 1.82) is 0 Å². The Kier molecular flexibility index (Phi) is 6.69. The van der Waals surface area contributed by atoms with Gasteiger partial charge in [0, 0.05) is 18.8 Å². The van der Waals surface area contributed by atoms with E-state index in [1.54, 1.807) is 12.1 Å². The Hall–Kier alpha value is -1.09. The minimum absolute atomic E-state index is 0.142. The molecule has 1 aliphatic rings. The number of anilines is 1. The molecule has 2 nitrogen and oxygen atoms in total. The van der Waals surface area contributed by atoms with Crippen LogP contribution in [0.25, 0.3) is 0 Å². The highest BCUT2D eigenvalue weighted by molar-refractivity contribution is 5.54. The van der Waals surface area contributed by atoms with Crippen LogP contribution < -0.4 is 4.90 Å². The molecule has 2 atom stereocenters. The third-order valence-electron chi connectivity index (χ3n) is 4.36. The molecular weight excluding hydrogens is 277 g/mol. The lowest BCUT2D eigenvalue weighted by atomic mass is 10.0. The monoisotopic (exact) mass is 307 g/mol. The Labute approximate surface area is 134 Å². The summed E-state index contributed by atoms with van der Waals surface area (Å²) in [5.74, 6) is -0.142. The quantitative estimate of drug-likeness (QED) is 0.661. The summed E-state index contributed by atoms with van der Waals surface area (Å²) in [6, 6.07) is 5.26. The highest BCUT2D eigenvalue weighted by atomic mass is 19.1. The third kappa shape index (κ3) is 4.98. The van der Waals surface area contributed by atoms with Gasteiger partial charge in [-0.3, -0.25) is 0 Å². The Morgan fingerprint density at radius 1 is 1.09 bits per heavy atom. The molecule has 0 amide bonds. The fraction of sp³-hybridized carbons (Fsp3) is 0.684. The molecular formula is C19H30FNO. The highest BCUT2D eigenvalue weighted by Gasteiger charge is 2.24. The van der Waals surface area contributed by atoms with Crippen molar-refractivity contribution in [3.63, 3.8) is 0 Å². The van der Waals surface area contributed by atoms with Gasteiger partial charge in [-0.25, -0.2) is 4.39 Å². The van der Waals surface area contributed by atoms with Crippen LogP contribution in [0.15, 0.2) is 18.2 Å². The minimum Gasteiger partial charge on any atom is -0.372 e. The molecule has 1 fully saturated rings. The SMILES string of the molecule is CCCCCCCc1ccc(F)cc1N1C[C@@H](C)O[C@@H](C)C1. The highest BCUT2D eigenvalue weighted by Crippen LogP contribution is 2.27. The van der Waals surface area contributed by atoms with Gasteiger partial charge in [-0.1, -0.05) is 38.7 Å². The standard InChI is InChI=1S/C19H30FNO/c1-4-5-6-7-8-9-17-10-11-18(20)12-19(17)21-13-15(2)22-16(3)14-21/h10-12,15-16H,4-9,13-14H2,1-3H3/t15-,16+. The molecule has 0 aromatic heterocycles. The summed E-state index contributed by atoms with van der Waals surface area (Å²) in [5.41, 5.74) is 2.34. The Morgan fingerprint density at radius 3 is 2.45 bits per heavy atom. The van der Waals surface area contributed by atoms with E-state index in [1.165, 1.54) is 37.7 Å². The molecule has 0 unspecified atom stereocenters. The van der Waals surface area contributed by atoms with E-state index in [0.717, 1.165) is 25.2 Å². The topological polar surface area (TPSA) is 12.5 Å². The summed E-state index contributed by atoms with van der Waals surface area (Å²) < 4.78 is 19.5. The maximum absolute atomic E-state index is 13.7. The zero-order valence-electron chi connectivity index (χ0n) is 14.3. The van der Waals surface area contributed by atoms with Gasteiger partial charge in [0.2, 0.25) is 0 Å². The molecule has 0 saturated carbocycles. The smallest absolute Gasteiger partial charge is 0.125 e. The van der Waals surface area contributed by atoms with E-state index >= 15 is 0 Å². The molecule has 1 heterocycles. The molecule has 0 N–H and O–H groups in total. The van der Waals surface area contributed by atoms with Crippen molar-refractivity contribution in [3.05, 3.63) is 29.6 Å². The van der Waals surface area contributed by atoms with Crippen molar-refractivity contribution in [1.82, 2.24) is 0 Å².